The summed E-state index contributed by atoms with van der Waals surface area (Å²) in [5.41, 5.74) is 3.37. The number of hydrogen-bond acceptors (Lipinski definition) is 6. The van der Waals surface area contributed by atoms with Gasteiger partial charge >= 0.3 is 12.1 Å². The molecule has 6 nitrogen and oxygen atoms in total. The molecule has 1 aliphatic rings. The Bertz CT molecular complexity index is 735. The van der Waals surface area contributed by atoms with Gasteiger partial charge in [0.25, 0.3) is 5.82 Å². The van der Waals surface area contributed by atoms with Crippen molar-refractivity contribution in [2.24, 2.45) is 0 Å². The molecule has 0 unspecified atom stereocenters. The van der Waals surface area contributed by atoms with Crippen LogP contribution >= 0.6 is 11.8 Å². The minimum absolute atomic E-state index is 0.0347. The number of thioether (sulfide) groups is 1. The molecular formula is C14H13F3N4O2S. The molecule has 0 radical (unpaired) electrons. The number of halogens is 3. The lowest BCUT2D eigenvalue weighted by Gasteiger charge is -2.32. The van der Waals surface area contributed by atoms with Crippen LogP contribution in [0.2, 0.25) is 0 Å². The molecule has 2 aromatic rings. The van der Waals surface area contributed by atoms with Gasteiger partial charge in [0.2, 0.25) is 5.16 Å². The molecule has 0 bridgehead atoms. The van der Waals surface area contributed by atoms with Crippen LogP contribution in [0.5, 0.6) is 0 Å². The van der Waals surface area contributed by atoms with E-state index in [2.05, 4.69) is 15.6 Å². The average Bonchev–Trinajstić information content (AvgIpc) is 2.98. The first-order valence-corrected chi connectivity index (χ1v) is 7.97. The van der Waals surface area contributed by atoms with E-state index in [0.717, 1.165) is 16.4 Å². The molecule has 0 aliphatic carbocycles. The van der Waals surface area contributed by atoms with Gasteiger partial charge in [0, 0.05) is 0 Å². The molecule has 0 fully saturated rings. The quantitative estimate of drug-likeness (QED) is 0.851. The highest BCUT2D eigenvalue weighted by Crippen LogP contribution is 2.40. The Morgan fingerprint density at radius 1 is 1.33 bits per heavy atom. The van der Waals surface area contributed by atoms with Crippen LogP contribution in [-0.4, -0.2) is 32.7 Å². The minimum atomic E-state index is -4.66. The van der Waals surface area contributed by atoms with Crippen LogP contribution < -0.4 is 5.43 Å². The zero-order valence-electron chi connectivity index (χ0n) is 12.4. The second-order valence-electron chi connectivity index (χ2n) is 4.95. The summed E-state index contributed by atoms with van der Waals surface area (Å²) in [6.45, 7) is 1.85. The van der Waals surface area contributed by atoms with Crippen molar-refractivity contribution in [1.29, 1.82) is 0 Å². The lowest BCUT2D eigenvalue weighted by Crippen LogP contribution is -2.40. The number of nitrogens with zero attached hydrogens (tertiary/aromatic N) is 3. The number of carbonyl (C=O) groups excluding carboxylic acids is 1. The molecular weight excluding hydrogens is 345 g/mol. The third kappa shape index (κ3) is 3.05. The third-order valence-electron chi connectivity index (χ3n) is 3.37. The lowest BCUT2D eigenvalue weighted by atomic mass is 10.0. The molecule has 0 amide bonds. The number of fused-ring (bicyclic) bond motifs is 1. The molecule has 0 spiro atoms. The van der Waals surface area contributed by atoms with Crippen LogP contribution in [0, 0.1) is 0 Å². The van der Waals surface area contributed by atoms with Gasteiger partial charge in [-0.15, -0.1) is 10.2 Å². The summed E-state index contributed by atoms with van der Waals surface area (Å²) in [7, 11) is 0. The van der Waals surface area contributed by atoms with E-state index in [1.165, 1.54) is 0 Å². The molecule has 1 aromatic heterocycles. The molecule has 24 heavy (non-hydrogen) atoms. The summed E-state index contributed by atoms with van der Waals surface area (Å²) >= 11 is 0.897. The van der Waals surface area contributed by atoms with E-state index in [1.54, 1.807) is 37.3 Å². The highest BCUT2D eigenvalue weighted by atomic mass is 32.2. The van der Waals surface area contributed by atoms with E-state index in [9.17, 15) is 18.0 Å². The van der Waals surface area contributed by atoms with Crippen molar-refractivity contribution < 1.29 is 22.7 Å². The van der Waals surface area contributed by atoms with Gasteiger partial charge < -0.3 is 10.2 Å². The fourth-order valence-electron chi connectivity index (χ4n) is 2.35. The topological polar surface area (TPSA) is 69.0 Å². The summed E-state index contributed by atoms with van der Waals surface area (Å²) in [5, 5.41) is 5.91. The zero-order valence-corrected chi connectivity index (χ0v) is 13.3. The Labute approximate surface area is 139 Å². The number of hydrogen-bond donors (Lipinski definition) is 1. The summed E-state index contributed by atoms with van der Waals surface area (Å²) in [6.07, 6.45) is -4.66. The monoisotopic (exact) mass is 358 g/mol. The molecule has 1 N–H and O–H groups in total. The number of nitrogens with one attached hydrogen (secondary N) is 1. The van der Waals surface area contributed by atoms with Crippen molar-refractivity contribution in [2.75, 3.05) is 12.0 Å². The molecule has 1 aromatic carbocycles. The Kier molecular flexibility index (Phi) is 4.39. The lowest BCUT2D eigenvalue weighted by molar-refractivity contribution is -0.147. The van der Waals surface area contributed by atoms with Gasteiger partial charge in [0.1, 0.15) is 5.25 Å². The largest absolute Gasteiger partial charge is 0.465 e. The maximum Gasteiger partial charge on any atom is 0.453 e. The van der Waals surface area contributed by atoms with Crippen molar-refractivity contribution >= 4 is 17.7 Å². The first-order valence-electron chi connectivity index (χ1n) is 7.09. The normalized spacial score (nSPS) is 20.2. The average molecular weight is 358 g/mol. The van der Waals surface area contributed by atoms with E-state index < -0.39 is 29.3 Å². The third-order valence-corrected chi connectivity index (χ3v) is 4.56. The molecule has 0 saturated carbocycles. The first-order chi connectivity index (χ1) is 11.4. The van der Waals surface area contributed by atoms with Crippen LogP contribution in [0.25, 0.3) is 0 Å². The number of alkyl halides is 3. The highest BCUT2D eigenvalue weighted by molar-refractivity contribution is 8.00. The number of benzene rings is 1. The summed E-state index contributed by atoms with van der Waals surface area (Å²) in [5.74, 6) is -1.68. The van der Waals surface area contributed by atoms with Crippen LogP contribution in [0.3, 0.4) is 0 Å². The van der Waals surface area contributed by atoms with Gasteiger partial charge in [-0.2, -0.15) is 13.2 Å². The Morgan fingerprint density at radius 3 is 2.67 bits per heavy atom. The van der Waals surface area contributed by atoms with Crippen molar-refractivity contribution in [3.8, 4) is 0 Å². The van der Waals surface area contributed by atoms with Gasteiger partial charge in [-0.25, -0.2) is 4.68 Å². The zero-order chi connectivity index (χ0) is 17.3. The van der Waals surface area contributed by atoms with Crippen molar-refractivity contribution in [3.63, 3.8) is 0 Å². The Balaban J connectivity index is 2.02. The second-order valence-corrected chi connectivity index (χ2v) is 6.06. The fraction of sp³-hybridized carbons (Fsp3) is 0.357. The van der Waals surface area contributed by atoms with E-state index in [1.807, 2.05) is 0 Å². The molecule has 1 aliphatic heterocycles. The maximum absolute atomic E-state index is 13.1. The second kappa shape index (κ2) is 6.34. The molecule has 3 rings (SSSR count). The SMILES string of the molecule is CCOC(=O)[C@H]1Sc2nnc(C(F)(F)F)n2N[C@@H]1c1ccccc1. The highest BCUT2D eigenvalue weighted by Gasteiger charge is 2.44. The summed E-state index contributed by atoms with van der Waals surface area (Å²) in [4.78, 5) is 12.2. The van der Waals surface area contributed by atoms with Gasteiger partial charge in [-0.05, 0) is 12.5 Å². The molecule has 10 heteroatoms. The Hall–Kier alpha value is -2.23. The predicted octanol–water partition coefficient (Wildman–Crippen LogP) is 2.62. The number of rotatable bonds is 3. The van der Waals surface area contributed by atoms with Crippen LogP contribution in [0.4, 0.5) is 13.2 Å². The van der Waals surface area contributed by atoms with Crippen molar-refractivity contribution in [2.45, 2.75) is 29.5 Å². The van der Waals surface area contributed by atoms with Crippen molar-refractivity contribution in [1.82, 2.24) is 14.9 Å². The van der Waals surface area contributed by atoms with E-state index in [4.69, 9.17) is 4.74 Å². The number of aromatic nitrogens is 3. The minimum Gasteiger partial charge on any atom is -0.465 e. The number of ether oxygens (including phenoxy) is 1. The van der Waals surface area contributed by atoms with Gasteiger partial charge in [-0.3, -0.25) is 4.79 Å². The van der Waals surface area contributed by atoms with Gasteiger partial charge in [0.15, 0.2) is 0 Å². The van der Waals surface area contributed by atoms with E-state index >= 15 is 0 Å². The summed E-state index contributed by atoms with van der Waals surface area (Å²) < 4.78 is 45.0. The maximum atomic E-state index is 13.1. The van der Waals surface area contributed by atoms with Crippen LogP contribution in [-0.2, 0) is 15.7 Å². The molecule has 2 heterocycles. The molecule has 2 atom stereocenters. The number of esters is 1. The molecule has 0 saturated heterocycles. The van der Waals surface area contributed by atoms with Crippen LogP contribution in [0.15, 0.2) is 35.5 Å². The fourth-order valence-corrected chi connectivity index (χ4v) is 3.43. The van der Waals surface area contributed by atoms with Crippen molar-refractivity contribution in [3.05, 3.63) is 41.7 Å². The standard InChI is InChI=1S/C14H13F3N4O2S/c1-2-23-11(22)10-9(8-6-4-3-5-7-8)20-21-12(14(15,16)17)18-19-13(21)24-10/h3-7,9-10,20H,2H2,1H3/t9-,10+/m1/s1. The van der Waals surface area contributed by atoms with Gasteiger partial charge in [-0.1, -0.05) is 42.1 Å². The predicted molar refractivity (Wildman–Crippen MR) is 79.8 cm³/mol. The smallest absolute Gasteiger partial charge is 0.453 e. The Morgan fingerprint density at radius 2 is 2.04 bits per heavy atom. The van der Waals surface area contributed by atoms with E-state index in [0.29, 0.717) is 5.56 Å². The first kappa shape index (κ1) is 16.6. The molecule has 128 valence electrons. The van der Waals surface area contributed by atoms with Crippen LogP contribution in [0.1, 0.15) is 24.4 Å². The number of carbonyl (C=O) groups is 1. The van der Waals surface area contributed by atoms with E-state index in [-0.39, 0.29) is 11.8 Å². The summed E-state index contributed by atoms with van der Waals surface area (Å²) in [6, 6.07) is 8.02. The van der Waals surface area contributed by atoms with Gasteiger partial charge in [0.05, 0.1) is 12.6 Å².